The van der Waals surface area contributed by atoms with Crippen LogP contribution in [0.2, 0.25) is 0 Å². The van der Waals surface area contributed by atoms with E-state index in [1.54, 1.807) is 11.3 Å². The molecule has 1 aliphatic heterocycles. The van der Waals surface area contributed by atoms with Crippen LogP contribution in [0.3, 0.4) is 0 Å². The molecule has 1 aromatic carbocycles. The zero-order valence-corrected chi connectivity index (χ0v) is 16.2. The third-order valence-corrected chi connectivity index (χ3v) is 6.05. The molecule has 3 aromatic rings. The second kappa shape index (κ2) is 7.73. The number of amides is 2. The SMILES string of the molecule is CN1CCc2c(sc(-n3cccc3)c2CNC(=O)Nc2cc(F)ccc2F)C1. The summed E-state index contributed by atoms with van der Waals surface area (Å²) in [6, 6.07) is 6.30. The Kier molecular flexibility index (Phi) is 5.15. The Morgan fingerprint density at radius 2 is 2.04 bits per heavy atom. The zero-order valence-electron chi connectivity index (χ0n) is 15.3. The van der Waals surface area contributed by atoms with Crippen molar-refractivity contribution in [1.82, 2.24) is 14.8 Å². The van der Waals surface area contributed by atoms with Crippen LogP contribution in [0.25, 0.3) is 5.00 Å². The Bertz CT molecular complexity index is 1000. The highest BCUT2D eigenvalue weighted by molar-refractivity contribution is 7.14. The number of hydrogen-bond acceptors (Lipinski definition) is 3. The van der Waals surface area contributed by atoms with Crippen LogP contribution in [0.4, 0.5) is 19.3 Å². The number of halogens is 2. The van der Waals surface area contributed by atoms with Crippen molar-refractivity contribution < 1.29 is 13.6 Å². The molecule has 0 fully saturated rings. The van der Waals surface area contributed by atoms with E-state index in [0.717, 1.165) is 48.3 Å². The average molecular weight is 402 g/mol. The molecule has 2 aromatic heterocycles. The van der Waals surface area contributed by atoms with Gasteiger partial charge in [-0.15, -0.1) is 11.3 Å². The zero-order chi connectivity index (χ0) is 19.7. The smallest absolute Gasteiger partial charge is 0.319 e. The molecule has 2 N–H and O–H groups in total. The van der Waals surface area contributed by atoms with E-state index >= 15 is 0 Å². The summed E-state index contributed by atoms with van der Waals surface area (Å²) in [5, 5.41) is 6.23. The van der Waals surface area contributed by atoms with Crippen molar-refractivity contribution in [2.75, 3.05) is 18.9 Å². The molecule has 5 nitrogen and oxygen atoms in total. The van der Waals surface area contributed by atoms with Crippen molar-refractivity contribution >= 4 is 23.1 Å². The van der Waals surface area contributed by atoms with Crippen LogP contribution in [0, 0.1) is 11.6 Å². The lowest BCUT2D eigenvalue weighted by Gasteiger charge is -2.22. The first kappa shape index (κ1) is 18.6. The predicted octanol–water partition coefficient (Wildman–Crippen LogP) is 4.13. The third-order valence-electron chi connectivity index (χ3n) is 4.78. The van der Waals surface area contributed by atoms with E-state index in [4.69, 9.17) is 0 Å². The number of nitrogens with zero attached hydrogens (tertiary/aromatic N) is 2. The summed E-state index contributed by atoms with van der Waals surface area (Å²) in [5.74, 6) is -1.29. The normalized spacial score (nSPS) is 14.0. The summed E-state index contributed by atoms with van der Waals surface area (Å²) in [5.41, 5.74) is 2.15. The molecule has 0 spiro atoms. The largest absolute Gasteiger partial charge is 0.334 e. The molecule has 1 aliphatic rings. The molecule has 4 rings (SSSR count). The number of likely N-dealkylation sites (N-methyl/N-ethyl adjacent to an activating group) is 1. The molecule has 0 atom stereocenters. The van der Waals surface area contributed by atoms with Crippen molar-refractivity contribution in [3.8, 4) is 5.00 Å². The second-order valence-electron chi connectivity index (χ2n) is 6.80. The van der Waals surface area contributed by atoms with Crippen LogP contribution in [0.5, 0.6) is 0 Å². The Morgan fingerprint density at radius 3 is 2.82 bits per heavy atom. The summed E-state index contributed by atoms with van der Waals surface area (Å²) < 4.78 is 29.1. The molecule has 3 heterocycles. The fourth-order valence-electron chi connectivity index (χ4n) is 3.37. The van der Waals surface area contributed by atoms with Gasteiger partial charge >= 0.3 is 6.03 Å². The van der Waals surface area contributed by atoms with Crippen LogP contribution in [-0.4, -0.2) is 29.1 Å². The van der Waals surface area contributed by atoms with Crippen LogP contribution in [-0.2, 0) is 19.5 Å². The van der Waals surface area contributed by atoms with Gasteiger partial charge in [0.05, 0.1) is 5.69 Å². The molecule has 0 saturated carbocycles. The van der Waals surface area contributed by atoms with Crippen LogP contribution >= 0.6 is 11.3 Å². The van der Waals surface area contributed by atoms with Crippen LogP contribution in [0.1, 0.15) is 16.0 Å². The first-order valence-electron chi connectivity index (χ1n) is 8.96. The number of carbonyl (C=O) groups excluding carboxylic acids is 1. The van der Waals surface area contributed by atoms with Gasteiger partial charge in [0.2, 0.25) is 0 Å². The van der Waals surface area contributed by atoms with Crippen molar-refractivity contribution in [1.29, 1.82) is 0 Å². The van der Waals surface area contributed by atoms with Gasteiger partial charge in [-0.2, -0.15) is 0 Å². The number of fused-ring (bicyclic) bond motifs is 1. The van der Waals surface area contributed by atoms with Gasteiger partial charge in [-0.05, 0) is 43.3 Å². The van der Waals surface area contributed by atoms with Gasteiger partial charge in [0.25, 0.3) is 0 Å². The summed E-state index contributed by atoms with van der Waals surface area (Å²) in [4.78, 5) is 15.8. The molecule has 0 unspecified atom stereocenters. The van der Waals surface area contributed by atoms with E-state index in [2.05, 4.69) is 22.6 Å². The maximum atomic E-state index is 13.7. The summed E-state index contributed by atoms with van der Waals surface area (Å²) in [6.07, 6.45) is 4.88. The monoisotopic (exact) mass is 402 g/mol. The van der Waals surface area contributed by atoms with E-state index in [-0.39, 0.29) is 5.69 Å². The lowest BCUT2D eigenvalue weighted by molar-refractivity contribution is 0.251. The standard InChI is InChI=1S/C20H20F2N4OS/c1-25-9-6-14-15(19(28-18(14)12-25)26-7-2-3-8-26)11-23-20(27)24-17-10-13(21)4-5-16(17)22/h2-5,7-8,10H,6,9,11-12H2,1H3,(H2,23,24,27). The molecule has 146 valence electrons. The van der Waals surface area contributed by atoms with E-state index in [1.165, 1.54) is 10.4 Å². The van der Waals surface area contributed by atoms with Gasteiger partial charge in [0.1, 0.15) is 16.6 Å². The van der Waals surface area contributed by atoms with Crippen molar-refractivity contribution in [2.45, 2.75) is 19.5 Å². The summed E-state index contributed by atoms with van der Waals surface area (Å²) in [7, 11) is 2.09. The van der Waals surface area contributed by atoms with Crippen LogP contribution < -0.4 is 10.6 Å². The van der Waals surface area contributed by atoms with Gasteiger partial charge in [-0.25, -0.2) is 13.6 Å². The topological polar surface area (TPSA) is 49.3 Å². The lowest BCUT2D eigenvalue weighted by atomic mass is 10.0. The highest BCUT2D eigenvalue weighted by atomic mass is 32.1. The number of carbonyl (C=O) groups is 1. The molecule has 2 amide bonds. The van der Waals surface area contributed by atoms with Crippen molar-refractivity contribution in [3.05, 3.63) is 70.4 Å². The number of thiophene rings is 1. The molecule has 0 radical (unpaired) electrons. The number of rotatable bonds is 4. The third kappa shape index (κ3) is 3.79. The minimum atomic E-state index is -0.680. The number of benzene rings is 1. The van der Waals surface area contributed by atoms with E-state index in [1.807, 2.05) is 29.1 Å². The Morgan fingerprint density at radius 1 is 1.25 bits per heavy atom. The van der Waals surface area contributed by atoms with E-state index in [0.29, 0.717) is 6.54 Å². The number of hydrogen-bond donors (Lipinski definition) is 2. The number of urea groups is 1. The van der Waals surface area contributed by atoms with Gasteiger partial charge in [-0.3, -0.25) is 0 Å². The maximum absolute atomic E-state index is 13.7. The van der Waals surface area contributed by atoms with Gasteiger partial charge in [0, 0.05) is 48.5 Å². The van der Waals surface area contributed by atoms with Gasteiger partial charge in [-0.1, -0.05) is 0 Å². The van der Waals surface area contributed by atoms with Crippen LogP contribution in [0.15, 0.2) is 42.7 Å². The first-order valence-corrected chi connectivity index (χ1v) is 9.78. The molecule has 0 saturated heterocycles. The summed E-state index contributed by atoms with van der Waals surface area (Å²) >= 11 is 1.72. The minimum absolute atomic E-state index is 0.183. The number of aromatic nitrogens is 1. The molecule has 0 bridgehead atoms. The highest BCUT2D eigenvalue weighted by Gasteiger charge is 2.23. The maximum Gasteiger partial charge on any atom is 0.319 e. The minimum Gasteiger partial charge on any atom is -0.334 e. The van der Waals surface area contributed by atoms with E-state index < -0.39 is 17.7 Å². The second-order valence-corrected chi connectivity index (χ2v) is 7.88. The molecule has 28 heavy (non-hydrogen) atoms. The Balaban J connectivity index is 1.54. The summed E-state index contributed by atoms with van der Waals surface area (Å²) in [6.45, 7) is 2.16. The fraction of sp³-hybridized carbons (Fsp3) is 0.250. The Labute approximate surface area is 165 Å². The Hall–Kier alpha value is -2.71. The number of anilines is 1. The highest BCUT2D eigenvalue weighted by Crippen LogP contribution is 2.35. The van der Waals surface area contributed by atoms with Crippen molar-refractivity contribution in [2.24, 2.45) is 0 Å². The van der Waals surface area contributed by atoms with Gasteiger partial charge in [0.15, 0.2) is 0 Å². The van der Waals surface area contributed by atoms with E-state index in [9.17, 15) is 13.6 Å². The van der Waals surface area contributed by atoms with Crippen molar-refractivity contribution in [3.63, 3.8) is 0 Å². The molecule has 8 heteroatoms. The quantitative estimate of drug-likeness (QED) is 0.690. The molecule has 0 aliphatic carbocycles. The fourth-order valence-corrected chi connectivity index (χ4v) is 4.78. The lowest BCUT2D eigenvalue weighted by Crippen LogP contribution is -2.30. The average Bonchev–Trinajstić information content (AvgIpc) is 3.30. The molecular weight excluding hydrogens is 382 g/mol. The predicted molar refractivity (Wildman–Crippen MR) is 106 cm³/mol. The van der Waals surface area contributed by atoms with Gasteiger partial charge < -0.3 is 20.1 Å². The first-order chi connectivity index (χ1) is 13.5. The molecular formula is C20H20F2N4OS. The number of nitrogens with one attached hydrogen (secondary N) is 2.